The Hall–Kier alpha value is -1.62. The molecule has 1 fully saturated rings. The van der Waals surface area contributed by atoms with Crippen molar-refractivity contribution in [1.29, 1.82) is 0 Å². The Labute approximate surface area is 123 Å². The third kappa shape index (κ3) is 2.16. The zero-order valence-electron chi connectivity index (χ0n) is 11.5. The Bertz CT molecular complexity index is 603. The van der Waals surface area contributed by atoms with Crippen molar-refractivity contribution in [2.75, 3.05) is 29.4 Å². The molecule has 2 aromatic heterocycles. The van der Waals surface area contributed by atoms with E-state index in [0.29, 0.717) is 0 Å². The standard InChI is InChI=1S/C15H18N4S/c1-2-6-18(5-1)14-9-15(17-11-16-14)19-7-3-13-12(10-19)4-8-20-13/h4,8-9,11H,1-3,5-7,10H2. The van der Waals surface area contributed by atoms with Gasteiger partial charge in [-0.05, 0) is 36.3 Å². The summed E-state index contributed by atoms with van der Waals surface area (Å²) in [5.74, 6) is 2.15. The van der Waals surface area contributed by atoms with Gasteiger partial charge in [-0.15, -0.1) is 11.3 Å². The fraction of sp³-hybridized carbons (Fsp3) is 0.467. The maximum absolute atomic E-state index is 4.48. The van der Waals surface area contributed by atoms with E-state index < -0.39 is 0 Å². The summed E-state index contributed by atoms with van der Waals surface area (Å²) in [5.41, 5.74) is 1.46. The van der Waals surface area contributed by atoms with Crippen LogP contribution in [0.25, 0.3) is 0 Å². The van der Waals surface area contributed by atoms with Crippen LogP contribution in [0.3, 0.4) is 0 Å². The van der Waals surface area contributed by atoms with E-state index in [9.17, 15) is 0 Å². The van der Waals surface area contributed by atoms with Crippen LogP contribution in [0.15, 0.2) is 23.8 Å². The number of rotatable bonds is 2. The van der Waals surface area contributed by atoms with E-state index in [1.54, 1.807) is 6.33 Å². The molecule has 2 aliphatic rings. The first-order chi connectivity index (χ1) is 9.90. The van der Waals surface area contributed by atoms with Gasteiger partial charge in [0.2, 0.25) is 0 Å². The van der Waals surface area contributed by atoms with Crippen molar-refractivity contribution in [3.05, 3.63) is 34.3 Å². The van der Waals surface area contributed by atoms with Crippen molar-refractivity contribution < 1.29 is 0 Å². The number of hydrogen-bond acceptors (Lipinski definition) is 5. The van der Waals surface area contributed by atoms with E-state index in [1.807, 2.05) is 11.3 Å². The lowest BCUT2D eigenvalue weighted by molar-refractivity contribution is 0.729. The van der Waals surface area contributed by atoms with E-state index >= 15 is 0 Å². The molecule has 2 aliphatic heterocycles. The maximum Gasteiger partial charge on any atom is 0.134 e. The molecule has 20 heavy (non-hydrogen) atoms. The van der Waals surface area contributed by atoms with Crippen LogP contribution in [0.5, 0.6) is 0 Å². The molecule has 0 unspecified atom stereocenters. The molecule has 0 aliphatic carbocycles. The van der Waals surface area contributed by atoms with Crippen LogP contribution in [-0.4, -0.2) is 29.6 Å². The molecule has 0 aromatic carbocycles. The van der Waals surface area contributed by atoms with E-state index in [4.69, 9.17) is 0 Å². The predicted molar refractivity (Wildman–Crippen MR) is 82.6 cm³/mol. The molecular formula is C15H18N4S. The van der Waals surface area contributed by atoms with Crippen LogP contribution in [0.1, 0.15) is 23.3 Å². The Kier molecular flexibility index (Phi) is 3.07. The molecular weight excluding hydrogens is 268 g/mol. The third-order valence-electron chi connectivity index (χ3n) is 4.20. The van der Waals surface area contributed by atoms with Crippen molar-refractivity contribution in [3.8, 4) is 0 Å². The first-order valence-electron chi connectivity index (χ1n) is 7.27. The van der Waals surface area contributed by atoms with Gasteiger partial charge in [0.15, 0.2) is 0 Å². The minimum absolute atomic E-state index is 0.981. The zero-order chi connectivity index (χ0) is 13.4. The van der Waals surface area contributed by atoms with Crippen LogP contribution in [0.2, 0.25) is 0 Å². The quantitative estimate of drug-likeness (QED) is 0.849. The number of thiophene rings is 1. The van der Waals surface area contributed by atoms with Crippen LogP contribution in [0, 0.1) is 0 Å². The number of hydrogen-bond donors (Lipinski definition) is 0. The van der Waals surface area contributed by atoms with Crippen LogP contribution < -0.4 is 9.80 Å². The van der Waals surface area contributed by atoms with Gasteiger partial charge in [-0.3, -0.25) is 0 Å². The largest absolute Gasteiger partial charge is 0.356 e. The van der Waals surface area contributed by atoms with Crippen LogP contribution in [-0.2, 0) is 13.0 Å². The van der Waals surface area contributed by atoms with Crippen molar-refractivity contribution >= 4 is 23.0 Å². The Balaban J connectivity index is 1.58. The number of fused-ring (bicyclic) bond motifs is 1. The summed E-state index contributed by atoms with van der Waals surface area (Å²) in [5, 5.41) is 2.20. The van der Waals surface area contributed by atoms with Gasteiger partial charge in [-0.2, -0.15) is 0 Å². The van der Waals surface area contributed by atoms with Gasteiger partial charge < -0.3 is 9.80 Å². The average Bonchev–Trinajstić information content (AvgIpc) is 3.18. The van der Waals surface area contributed by atoms with Gasteiger partial charge in [-0.25, -0.2) is 9.97 Å². The highest BCUT2D eigenvalue weighted by Gasteiger charge is 2.20. The smallest absolute Gasteiger partial charge is 0.134 e. The summed E-state index contributed by atoms with van der Waals surface area (Å²) >= 11 is 1.88. The van der Waals surface area contributed by atoms with Crippen molar-refractivity contribution in [1.82, 2.24) is 9.97 Å². The highest BCUT2D eigenvalue weighted by molar-refractivity contribution is 7.10. The van der Waals surface area contributed by atoms with Gasteiger partial charge in [-0.1, -0.05) is 0 Å². The molecule has 0 N–H and O–H groups in total. The van der Waals surface area contributed by atoms with E-state index in [-0.39, 0.29) is 0 Å². The number of anilines is 2. The molecule has 0 amide bonds. The second kappa shape index (κ2) is 5.05. The normalized spacial score (nSPS) is 18.4. The molecule has 104 valence electrons. The van der Waals surface area contributed by atoms with Crippen molar-refractivity contribution in [3.63, 3.8) is 0 Å². The summed E-state index contributed by atoms with van der Waals surface area (Å²) in [6, 6.07) is 4.40. The zero-order valence-corrected chi connectivity index (χ0v) is 12.3. The molecule has 0 atom stereocenters. The fourth-order valence-electron chi connectivity index (χ4n) is 3.07. The summed E-state index contributed by atoms with van der Waals surface area (Å²) in [7, 11) is 0. The van der Waals surface area contributed by atoms with Gasteiger partial charge in [0.25, 0.3) is 0 Å². The minimum Gasteiger partial charge on any atom is -0.356 e. The maximum atomic E-state index is 4.48. The lowest BCUT2D eigenvalue weighted by Gasteiger charge is -2.28. The van der Waals surface area contributed by atoms with Crippen LogP contribution in [0.4, 0.5) is 11.6 Å². The van der Waals surface area contributed by atoms with Gasteiger partial charge in [0, 0.05) is 37.1 Å². The Morgan fingerprint density at radius 1 is 1.00 bits per heavy atom. The summed E-state index contributed by atoms with van der Waals surface area (Å²) in [6.45, 7) is 4.30. The average molecular weight is 286 g/mol. The first-order valence-corrected chi connectivity index (χ1v) is 8.15. The second-order valence-electron chi connectivity index (χ2n) is 5.47. The fourth-order valence-corrected chi connectivity index (χ4v) is 3.96. The Morgan fingerprint density at radius 2 is 1.80 bits per heavy atom. The highest BCUT2D eigenvalue weighted by atomic mass is 32.1. The second-order valence-corrected chi connectivity index (χ2v) is 6.47. The lowest BCUT2D eigenvalue weighted by Crippen LogP contribution is -2.30. The van der Waals surface area contributed by atoms with E-state index in [0.717, 1.165) is 44.2 Å². The molecule has 1 saturated heterocycles. The topological polar surface area (TPSA) is 32.3 Å². The number of nitrogens with zero attached hydrogens (tertiary/aromatic N) is 4. The lowest BCUT2D eigenvalue weighted by atomic mass is 10.1. The molecule has 4 rings (SSSR count). The Morgan fingerprint density at radius 3 is 2.65 bits per heavy atom. The van der Waals surface area contributed by atoms with Gasteiger partial charge in [0.1, 0.15) is 18.0 Å². The number of aromatic nitrogens is 2. The van der Waals surface area contributed by atoms with Gasteiger partial charge in [0.05, 0.1) is 0 Å². The highest BCUT2D eigenvalue weighted by Crippen LogP contribution is 2.28. The van der Waals surface area contributed by atoms with Crippen LogP contribution >= 0.6 is 11.3 Å². The van der Waals surface area contributed by atoms with E-state index in [1.165, 1.54) is 23.3 Å². The molecule has 0 saturated carbocycles. The molecule has 0 spiro atoms. The molecule has 0 radical (unpaired) electrons. The SMILES string of the molecule is c1nc(N2CCCC2)cc(N2CCc3sccc3C2)n1. The monoisotopic (exact) mass is 286 g/mol. The molecule has 0 bridgehead atoms. The van der Waals surface area contributed by atoms with Gasteiger partial charge >= 0.3 is 0 Å². The third-order valence-corrected chi connectivity index (χ3v) is 5.22. The first kappa shape index (κ1) is 12.1. The summed E-state index contributed by atoms with van der Waals surface area (Å²) in [6.07, 6.45) is 5.41. The molecule has 4 heterocycles. The van der Waals surface area contributed by atoms with Crippen molar-refractivity contribution in [2.24, 2.45) is 0 Å². The molecule has 4 nitrogen and oxygen atoms in total. The summed E-state index contributed by atoms with van der Waals surface area (Å²) in [4.78, 5) is 15.2. The molecule has 2 aromatic rings. The predicted octanol–water partition coefficient (Wildman–Crippen LogP) is 2.70. The molecule has 5 heteroatoms. The minimum atomic E-state index is 0.981. The van der Waals surface area contributed by atoms with Crippen molar-refractivity contribution in [2.45, 2.75) is 25.8 Å². The summed E-state index contributed by atoms with van der Waals surface area (Å²) < 4.78 is 0. The van der Waals surface area contributed by atoms with E-state index in [2.05, 4.69) is 37.3 Å².